The van der Waals surface area contributed by atoms with Gasteiger partial charge < -0.3 is 9.47 Å². The Morgan fingerprint density at radius 1 is 1.04 bits per heavy atom. The van der Waals surface area contributed by atoms with Crippen LogP contribution in [0.4, 0.5) is 0 Å². The first kappa shape index (κ1) is 22.9. The standard InChI is InChI=1S/C23H34O4/c1-6-9-12-21(24)26-20-16-18(11-8-3)15-19(14-17(4)5)23(20)27-22(25)13-10-7-2/h8,15-17H,3,6-7,9-14H2,1-2,4-5H3. The first-order chi connectivity index (χ1) is 12.9. The Kier molecular flexibility index (Phi) is 10.5. The van der Waals surface area contributed by atoms with Gasteiger partial charge in [-0.05, 0) is 48.8 Å². The summed E-state index contributed by atoms with van der Waals surface area (Å²) in [5, 5.41) is 0. The highest BCUT2D eigenvalue weighted by Gasteiger charge is 2.20. The molecule has 4 nitrogen and oxygen atoms in total. The monoisotopic (exact) mass is 374 g/mol. The molecule has 150 valence electrons. The van der Waals surface area contributed by atoms with Crippen molar-refractivity contribution >= 4 is 11.9 Å². The van der Waals surface area contributed by atoms with Crippen LogP contribution in [0.3, 0.4) is 0 Å². The summed E-state index contributed by atoms with van der Waals surface area (Å²) < 4.78 is 11.3. The molecule has 0 unspecified atom stereocenters. The number of carbonyl (C=O) groups is 2. The van der Waals surface area contributed by atoms with E-state index in [2.05, 4.69) is 20.4 Å². The number of esters is 2. The zero-order chi connectivity index (χ0) is 20.2. The second-order valence-corrected chi connectivity index (χ2v) is 7.33. The number of hydrogen-bond acceptors (Lipinski definition) is 4. The average molecular weight is 375 g/mol. The third-order valence-corrected chi connectivity index (χ3v) is 4.11. The first-order valence-corrected chi connectivity index (χ1v) is 10.1. The molecule has 1 rings (SSSR count). The van der Waals surface area contributed by atoms with E-state index >= 15 is 0 Å². The fraction of sp³-hybridized carbons (Fsp3) is 0.565. The van der Waals surface area contributed by atoms with Gasteiger partial charge in [-0.2, -0.15) is 0 Å². The van der Waals surface area contributed by atoms with E-state index in [1.165, 1.54) is 0 Å². The maximum absolute atomic E-state index is 12.3. The lowest BCUT2D eigenvalue weighted by atomic mass is 9.98. The van der Waals surface area contributed by atoms with E-state index in [4.69, 9.17) is 9.47 Å². The van der Waals surface area contributed by atoms with Gasteiger partial charge in [0.15, 0.2) is 11.5 Å². The van der Waals surface area contributed by atoms with E-state index in [9.17, 15) is 9.59 Å². The van der Waals surface area contributed by atoms with Gasteiger partial charge in [0.1, 0.15) is 0 Å². The van der Waals surface area contributed by atoms with Gasteiger partial charge >= 0.3 is 11.9 Å². The molecule has 0 amide bonds. The number of allylic oxidation sites excluding steroid dienone is 1. The summed E-state index contributed by atoms with van der Waals surface area (Å²) in [5.74, 6) is 0.525. The lowest BCUT2D eigenvalue weighted by molar-refractivity contribution is -0.137. The van der Waals surface area contributed by atoms with Gasteiger partial charge in [-0.25, -0.2) is 0 Å². The average Bonchev–Trinajstić information content (AvgIpc) is 2.60. The van der Waals surface area contributed by atoms with E-state index in [0.717, 1.165) is 43.2 Å². The molecule has 0 atom stereocenters. The van der Waals surface area contributed by atoms with E-state index in [1.807, 2.05) is 26.0 Å². The van der Waals surface area contributed by atoms with Crippen molar-refractivity contribution < 1.29 is 19.1 Å². The molecule has 1 aromatic rings. The van der Waals surface area contributed by atoms with Crippen LogP contribution in [0.1, 0.15) is 77.3 Å². The fourth-order valence-corrected chi connectivity index (χ4v) is 2.77. The second-order valence-electron chi connectivity index (χ2n) is 7.33. The summed E-state index contributed by atoms with van der Waals surface area (Å²) in [5.41, 5.74) is 1.89. The first-order valence-electron chi connectivity index (χ1n) is 10.1. The molecule has 27 heavy (non-hydrogen) atoms. The molecule has 0 fully saturated rings. The number of ether oxygens (including phenoxy) is 2. The highest BCUT2D eigenvalue weighted by Crippen LogP contribution is 2.36. The molecule has 0 aromatic heterocycles. The Morgan fingerprint density at radius 2 is 1.63 bits per heavy atom. The Balaban J connectivity index is 3.25. The summed E-state index contributed by atoms with van der Waals surface area (Å²) in [6, 6.07) is 3.81. The minimum Gasteiger partial charge on any atom is -0.422 e. The molecule has 0 aliphatic carbocycles. The van der Waals surface area contributed by atoms with Crippen LogP contribution in [0, 0.1) is 5.92 Å². The van der Waals surface area contributed by atoms with Gasteiger partial charge in [0, 0.05) is 12.8 Å². The number of unbranched alkanes of at least 4 members (excludes halogenated alkanes) is 2. The normalized spacial score (nSPS) is 10.7. The van der Waals surface area contributed by atoms with Crippen LogP contribution in [0.25, 0.3) is 0 Å². The van der Waals surface area contributed by atoms with Gasteiger partial charge in [0.2, 0.25) is 0 Å². The molecule has 0 heterocycles. The summed E-state index contributed by atoms with van der Waals surface area (Å²) >= 11 is 0. The minimum absolute atomic E-state index is 0.288. The van der Waals surface area contributed by atoms with Crippen molar-refractivity contribution in [2.75, 3.05) is 0 Å². The smallest absolute Gasteiger partial charge is 0.311 e. The third-order valence-electron chi connectivity index (χ3n) is 4.11. The molecule has 0 radical (unpaired) electrons. The van der Waals surface area contributed by atoms with Crippen LogP contribution in [-0.4, -0.2) is 11.9 Å². The van der Waals surface area contributed by atoms with Gasteiger partial charge in [-0.3, -0.25) is 9.59 Å². The van der Waals surface area contributed by atoms with Crippen LogP contribution in [0.5, 0.6) is 11.5 Å². The van der Waals surface area contributed by atoms with Crippen LogP contribution >= 0.6 is 0 Å². The Bertz CT molecular complexity index is 632. The zero-order valence-electron chi connectivity index (χ0n) is 17.3. The summed E-state index contributed by atoms with van der Waals surface area (Å²) in [6.07, 6.45) is 7.31. The van der Waals surface area contributed by atoms with Crippen molar-refractivity contribution in [2.45, 2.75) is 79.1 Å². The van der Waals surface area contributed by atoms with E-state index in [-0.39, 0.29) is 11.9 Å². The third kappa shape index (κ3) is 8.42. The van der Waals surface area contributed by atoms with E-state index < -0.39 is 0 Å². The van der Waals surface area contributed by atoms with Gasteiger partial charge in [0.05, 0.1) is 0 Å². The van der Waals surface area contributed by atoms with Crippen molar-refractivity contribution in [1.82, 2.24) is 0 Å². The van der Waals surface area contributed by atoms with E-state index in [0.29, 0.717) is 36.7 Å². The molecule has 0 saturated carbocycles. The van der Waals surface area contributed by atoms with Crippen LogP contribution in [-0.2, 0) is 22.4 Å². The molecular weight excluding hydrogens is 340 g/mol. The highest BCUT2D eigenvalue weighted by atomic mass is 16.6. The second kappa shape index (κ2) is 12.3. The molecule has 0 saturated heterocycles. The molecule has 1 aromatic carbocycles. The molecule has 0 spiro atoms. The number of carbonyl (C=O) groups excluding carboxylic acids is 2. The molecule has 0 bridgehead atoms. The van der Waals surface area contributed by atoms with Crippen LogP contribution < -0.4 is 9.47 Å². The predicted molar refractivity (Wildman–Crippen MR) is 109 cm³/mol. The number of benzene rings is 1. The molecule has 0 aliphatic rings. The fourth-order valence-electron chi connectivity index (χ4n) is 2.77. The number of rotatable bonds is 12. The van der Waals surface area contributed by atoms with Crippen molar-refractivity contribution in [3.63, 3.8) is 0 Å². The molecule has 4 heteroatoms. The Morgan fingerprint density at radius 3 is 2.15 bits per heavy atom. The molecule has 0 aliphatic heterocycles. The van der Waals surface area contributed by atoms with Gasteiger partial charge in [-0.1, -0.05) is 52.7 Å². The quantitative estimate of drug-likeness (QED) is 0.263. The molecular formula is C23H34O4. The van der Waals surface area contributed by atoms with Crippen LogP contribution in [0.2, 0.25) is 0 Å². The minimum atomic E-state index is -0.297. The van der Waals surface area contributed by atoms with Crippen molar-refractivity contribution in [1.29, 1.82) is 0 Å². The van der Waals surface area contributed by atoms with Crippen LogP contribution in [0.15, 0.2) is 24.8 Å². The summed E-state index contributed by atoms with van der Waals surface area (Å²) in [6.45, 7) is 12.1. The van der Waals surface area contributed by atoms with E-state index in [1.54, 1.807) is 6.07 Å². The SMILES string of the molecule is C=CCc1cc(CC(C)C)c(OC(=O)CCCC)c(OC(=O)CCCC)c1. The summed E-state index contributed by atoms with van der Waals surface area (Å²) in [7, 11) is 0. The van der Waals surface area contributed by atoms with Crippen molar-refractivity contribution in [3.05, 3.63) is 35.9 Å². The lowest BCUT2D eigenvalue weighted by Crippen LogP contribution is -2.14. The maximum atomic E-state index is 12.3. The maximum Gasteiger partial charge on any atom is 0.311 e. The van der Waals surface area contributed by atoms with Gasteiger partial charge in [0.25, 0.3) is 0 Å². The Labute approximate surface area is 163 Å². The van der Waals surface area contributed by atoms with Crippen molar-refractivity contribution in [2.24, 2.45) is 5.92 Å². The molecule has 0 N–H and O–H groups in total. The van der Waals surface area contributed by atoms with Gasteiger partial charge in [-0.15, -0.1) is 6.58 Å². The largest absolute Gasteiger partial charge is 0.422 e. The number of hydrogen-bond donors (Lipinski definition) is 0. The van der Waals surface area contributed by atoms with Crippen molar-refractivity contribution in [3.8, 4) is 11.5 Å². The summed E-state index contributed by atoms with van der Waals surface area (Å²) in [4.78, 5) is 24.5. The lowest BCUT2D eigenvalue weighted by Gasteiger charge is -2.18. The highest BCUT2D eigenvalue weighted by molar-refractivity contribution is 5.77. The predicted octanol–water partition coefficient (Wildman–Crippen LogP) is 5.80. The Hall–Kier alpha value is -2.10. The topological polar surface area (TPSA) is 52.6 Å². The zero-order valence-corrected chi connectivity index (χ0v) is 17.3.